The Bertz CT molecular complexity index is 306. The van der Waals surface area contributed by atoms with Crippen molar-refractivity contribution in [2.24, 2.45) is 0 Å². The van der Waals surface area contributed by atoms with Crippen molar-refractivity contribution in [3.63, 3.8) is 0 Å². The van der Waals surface area contributed by atoms with E-state index in [0.29, 0.717) is 0 Å². The number of nitrogens with one attached hydrogen (secondary N) is 1. The number of rotatable bonds is 2. The SMILES string of the molecule is CCc1nc(C2CCNCC2)sc1C.Cl. The normalized spacial score (nSPS) is 17.5. The van der Waals surface area contributed by atoms with E-state index in [2.05, 4.69) is 19.2 Å². The molecule has 0 atom stereocenters. The highest BCUT2D eigenvalue weighted by Crippen LogP contribution is 2.30. The molecule has 2 rings (SSSR count). The first-order chi connectivity index (χ1) is 6.81. The van der Waals surface area contributed by atoms with Crippen LogP contribution in [0.4, 0.5) is 0 Å². The van der Waals surface area contributed by atoms with Gasteiger partial charge in [-0.1, -0.05) is 6.92 Å². The predicted octanol–water partition coefficient (Wildman–Crippen LogP) is 2.90. The number of nitrogens with zero attached hydrogens (tertiary/aromatic N) is 1. The van der Waals surface area contributed by atoms with Gasteiger partial charge in [-0.3, -0.25) is 0 Å². The van der Waals surface area contributed by atoms with Gasteiger partial charge in [0, 0.05) is 10.8 Å². The molecule has 0 radical (unpaired) electrons. The van der Waals surface area contributed by atoms with Gasteiger partial charge < -0.3 is 5.32 Å². The van der Waals surface area contributed by atoms with Gasteiger partial charge in [0.2, 0.25) is 0 Å². The molecule has 1 aromatic rings. The third-order valence-corrected chi connectivity index (χ3v) is 4.11. The van der Waals surface area contributed by atoms with E-state index in [1.807, 2.05) is 11.3 Å². The lowest BCUT2D eigenvalue weighted by molar-refractivity contribution is 0.458. The summed E-state index contributed by atoms with van der Waals surface area (Å²) in [6.45, 7) is 6.70. The van der Waals surface area contributed by atoms with Gasteiger partial charge >= 0.3 is 0 Å². The summed E-state index contributed by atoms with van der Waals surface area (Å²) >= 11 is 1.91. The highest BCUT2D eigenvalue weighted by molar-refractivity contribution is 7.11. The number of hydrogen-bond acceptors (Lipinski definition) is 3. The zero-order valence-corrected chi connectivity index (χ0v) is 11.0. The van der Waals surface area contributed by atoms with Gasteiger partial charge in [-0.15, -0.1) is 23.7 Å². The number of aromatic nitrogens is 1. The minimum Gasteiger partial charge on any atom is -0.317 e. The molecule has 1 N–H and O–H groups in total. The first kappa shape index (κ1) is 12.9. The minimum absolute atomic E-state index is 0. The monoisotopic (exact) mass is 246 g/mol. The van der Waals surface area contributed by atoms with Crippen molar-refractivity contribution in [2.75, 3.05) is 13.1 Å². The lowest BCUT2D eigenvalue weighted by Gasteiger charge is -2.20. The highest BCUT2D eigenvalue weighted by Gasteiger charge is 2.19. The Hall–Kier alpha value is -0.120. The summed E-state index contributed by atoms with van der Waals surface area (Å²) in [6, 6.07) is 0. The summed E-state index contributed by atoms with van der Waals surface area (Å²) < 4.78 is 0. The Kier molecular flexibility index (Phi) is 5.03. The van der Waals surface area contributed by atoms with E-state index in [1.54, 1.807) is 0 Å². The molecule has 1 aliphatic rings. The van der Waals surface area contributed by atoms with E-state index in [4.69, 9.17) is 4.98 Å². The molecule has 2 heterocycles. The molecule has 2 nitrogen and oxygen atoms in total. The Morgan fingerprint density at radius 3 is 2.60 bits per heavy atom. The van der Waals surface area contributed by atoms with E-state index < -0.39 is 0 Å². The zero-order valence-electron chi connectivity index (χ0n) is 9.38. The molecule has 1 aliphatic heterocycles. The van der Waals surface area contributed by atoms with E-state index in [0.717, 1.165) is 25.4 Å². The third-order valence-electron chi connectivity index (χ3n) is 2.93. The molecule has 0 amide bonds. The van der Waals surface area contributed by atoms with Crippen LogP contribution in [0.5, 0.6) is 0 Å². The van der Waals surface area contributed by atoms with Crippen LogP contribution >= 0.6 is 23.7 Å². The Morgan fingerprint density at radius 1 is 1.40 bits per heavy atom. The van der Waals surface area contributed by atoms with Crippen LogP contribution in [0.3, 0.4) is 0 Å². The van der Waals surface area contributed by atoms with Gasteiger partial charge in [0.15, 0.2) is 0 Å². The standard InChI is InChI=1S/C11H18N2S.ClH/c1-3-10-8(2)14-11(13-10)9-4-6-12-7-5-9;/h9,12H,3-7H2,1-2H3;1H. The van der Waals surface area contributed by atoms with Crippen LogP contribution in [0.2, 0.25) is 0 Å². The smallest absolute Gasteiger partial charge is 0.0962 e. The Morgan fingerprint density at radius 2 is 2.07 bits per heavy atom. The molecule has 0 aromatic carbocycles. The molecule has 1 fully saturated rings. The Labute approximate surface area is 102 Å². The van der Waals surface area contributed by atoms with Crippen LogP contribution < -0.4 is 5.32 Å². The quantitative estimate of drug-likeness (QED) is 0.868. The summed E-state index contributed by atoms with van der Waals surface area (Å²) in [4.78, 5) is 6.16. The van der Waals surface area contributed by atoms with Crippen LogP contribution in [0, 0.1) is 6.92 Å². The maximum atomic E-state index is 4.74. The van der Waals surface area contributed by atoms with Gasteiger partial charge in [-0.25, -0.2) is 4.98 Å². The number of hydrogen-bond donors (Lipinski definition) is 1. The van der Waals surface area contributed by atoms with Crippen molar-refractivity contribution in [3.8, 4) is 0 Å². The lowest BCUT2D eigenvalue weighted by atomic mass is 9.99. The summed E-state index contributed by atoms with van der Waals surface area (Å²) in [7, 11) is 0. The predicted molar refractivity (Wildman–Crippen MR) is 68.3 cm³/mol. The van der Waals surface area contributed by atoms with Gasteiger partial charge in [-0.05, 0) is 39.3 Å². The molecule has 0 saturated carbocycles. The van der Waals surface area contributed by atoms with Crippen molar-refractivity contribution in [1.82, 2.24) is 10.3 Å². The van der Waals surface area contributed by atoms with Gasteiger partial charge in [0.1, 0.15) is 0 Å². The summed E-state index contributed by atoms with van der Waals surface area (Å²) in [6.07, 6.45) is 3.60. The van der Waals surface area contributed by atoms with Crippen LogP contribution in [0.15, 0.2) is 0 Å². The molecule has 0 bridgehead atoms. The lowest BCUT2D eigenvalue weighted by Crippen LogP contribution is -2.26. The van der Waals surface area contributed by atoms with Gasteiger partial charge in [0.25, 0.3) is 0 Å². The molecule has 4 heteroatoms. The molecular formula is C11H19ClN2S. The molecule has 15 heavy (non-hydrogen) atoms. The minimum atomic E-state index is 0. The number of piperidine rings is 1. The fourth-order valence-electron chi connectivity index (χ4n) is 2.02. The largest absolute Gasteiger partial charge is 0.317 e. The molecule has 1 aromatic heterocycles. The maximum absolute atomic E-state index is 4.74. The van der Waals surface area contributed by atoms with E-state index in [9.17, 15) is 0 Å². The number of halogens is 1. The zero-order chi connectivity index (χ0) is 9.97. The molecule has 0 unspecified atom stereocenters. The second kappa shape index (κ2) is 5.83. The van der Waals surface area contributed by atoms with Crippen molar-refractivity contribution < 1.29 is 0 Å². The van der Waals surface area contributed by atoms with E-state index in [-0.39, 0.29) is 12.4 Å². The number of thiazole rings is 1. The van der Waals surface area contributed by atoms with Crippen LogP contribution in [-0.2, 0) is 6.42 Å². The first-order valence-electron chi connectivity index (χ1n) is 5.48. The van der Waals surface area contributed by atoms with E-state index >= 15 is 0 Å². The Balaban J connectivity index is 0.00000112. The first-order valence-corrected chi connectivity index (χ1v) is 6.29. The van der Waals surface area contributed by atoms with Crippen molar-refractivity contribution in [3.05, 3.63) is 15.6 Å². The molecule has 0 aliphatic carbocycles. The fraction of sp³-hybridized carbons (Fsp3) is 0.727. The van der Waals surface area contributed by atoms with Gasteiger partial charge in [0.05, 0.1) is 10.7 Å². The molecule has 1 saturated heterocycles. The third kappa shape index (κ3) is 2.92. The topological polar surface area (TPSA) is 24.9 Å². The van der Waals surface area contributed by atoms with Crippen LogP contribution in [-0.4, -0.2) is 18.1 Å². The summed E-state index contributed by atoms with van der Waals surface area (Å²) in [5.41, 5.74) is 1.31. The van der Waals surface area contributed by atoms with E-state index in [1.165, 1.54) is 28.4 Å². The second-order valence-corrected chi connectivity index (χ2v) is 5.17. The molecule has 86 valence electrons. The van der Waals surface area contributed by atoms with Crippen molar-refractivity contribution >= 4 is 23.7 Å². The number of aryl methyl sites for hydroxylation is 2. The van der Waals surface area contributed by atoms with Crippen molar-refractivity contribution in [2.45, 2.75) is 39.0 Å². The van der Waals surface area contributed by atoms with Crippen molar-refractivity contribution in [1.29, 1.82) is 0 Å². The van der Waals surface area contributed by atoms with Gasteiger partial charge in [-0.2, -0.15) is 0 Å². The fourth-order valence-corrected chi connectivity index (χ4v) is 3.20. The highest BCUT2D eigenvalue weighted by atomic mass is 35.5. The average molecular weight is 247 g/mol. The molecular weight excluding hydrogens is 228 g/mol. The van der Waals surface area contributed by atoms with Crippen LogP contribution in [0.1, 0.15) is 41.3 Å². The maximum Gasteiger partial charge on any atom is 0.0962 e. The van der Waals surface area contributed by atoms with Crippen LogP contribution in [0.25, 0.3) is 0 Å². The average Bonchev–Trinajstić information content (AvgIpc) is 2.61. The summed E-state index contributed by atoms with van der Waals surface area (Å²) in [5, 5.41) is 4.77. The second-order valence-electron chi connectivity index (χ2n) is 3.93. The summed E-state index contributed by atoms with van der Waals surface area (Å²) in [5.74, 6) is 0.722. The molecule has 0 spiro atoms.